The monoisotopic (exact) mass is 331 g/mol. The molecule has 2 aliphatic rings. The largest absolute Gasteiger partial charge is 0.389 e. The number of fused-ring (bicyclic) bond motifs is 1. The van der Waals surface area contributed by atoms with Crippen LogP contribution in [0.5, 0.6) is 0 Å². The normalized spacial score (nSPS) is 24.2. The summed E-state index contributed by atoms with van der Waals surface area (Å²) in [5.74, 6) is 0.455. The SMILES string of the molecule is C[C@@H]1CN(CC(C)(C)O)CCN1C(=O)NC[C@H]1Cc2ccccc21. The Labute approximate surface area is 144 Å². The average molecular weight is 331 g/mol. The molecule has 0 aromatic heterocycles. The minimum atomic E-state index is -0.693. The highest BCUT2D eigenvalue weighted by Crippen LogP contribution is 2.34. The quantitative estimate of drug-likeness (QED) is 0.885. The van der Waals surface area contributed by atoms with Crippen molar-refractivity contribution in [1.29, 1.82) is 0 Å². The molecular weight excluding hydrogens is 302 g/mol. The Morgan fingerprint density at radius 1 is 1.33 bits per heavy atom. The second-order valence-corrected chi connectivity index (χ2v) is 7.88. The molecule has 1 saturated heterocycles. The fourth-order valence-corrected chi connectivity index (χ4v) is 3.88. The van der Waals surface area contributed by atoms with Crippen molar-refractivity contribution in [3.05, 3.63) is 35.4 Å². The van der Waals surface area contributed by atoms with Crippen molar-refractivity contribution < 1.29 is 9.90 Å². The smallest absolute Gasteiger partial charge is 0.317 e. The first-order valence-electron chi connectivity index (χ1n) is 8.90. The topological polar surface area (TPSA) is 55.8 Å². The van der Waals surface area contributed by atoms with E-state index in [-0.39, 0.29) is 12.1 Å². The number of hydrogen-bond donors (Lipinski definition) is 2. The first-order valence-corrected chi connectivity index (χ1v) is 8.90. The Morgan fingerprint density at radius 2 is 2.08 bits per heavy atom. The van der Waals surface area contributed by atoms with Crippen molar-refractivity contribution in [2.45, 2.75) is 44.8 Å². The molecule has 132 valence electrons. The van der Waals surface area contributed by atoms with Gasteiger partial charge in [0.15, 0.2) is 0 Å². The summed E-state index contributed by atoms with van der Waals surface area (Å²) in [6.07, 6.45) is 1.06. The van der Waals surface area contributed by atoms with Crippen LogP contribution in [0.3, 0.4) is 0 Å². The van der Waals surface area contributed by atoms with E-state index in [4.69, 9.17) is 0 Å². The van der Waals surface area contributed by atoms with E-state index >= 15 is 0 Å². The second kappa shape index (κ2) is 6.73. The van der Waals surface area contributed by atoms with Crippen molar-refractivity contribution in [3.63, 3.8) is 0 Å². The van der Waals surface area contributed by atoms with Gasteiger partial charge in [-0.05, 0) is 38.3 Å². The number of carbonyl (C=O) groups is 1. The fraction of sp³-hybridized carbons (Fsp3) is 0.632. The second-order valence-electron chi connectivity index (χ2n) is 7.88. The molecule has 3 rings (SSSR count). The summed E-state index contributed by atoms with van der Waals surface area (Å²) in [6.45, 7) is 9.43. The Kier molecular flexibility index (Phi) is 4.83. The molecule has 5 nitrogen and oxygen atoms in total. The van der Waals surface area contributed by atoms with Gasteiger partial charge in [-0.25, -0.2) is 4.79 Å². The molecule has 2 atom stereocenters. The lowest BCUT2D eigenvalue weighted by Gasteiger charge is -2.42. The molecular formula is C19H29N3O2. The molecule has 1 heterocycles. The van der Waals surface area contributed by atoms with Gasteiger partial charge in [-0.2, -0.15) is 0 Å². The lowest BCUT2D eigenvalue weighted by Crippen LogP contribution is -2.58. The molecule has 0 unspecified atom stereocenters. The van der Waals surface area contributed by atoms with Crippen LogP contribution < -0.4 is 5.32 Å². The number of nitrogens with zero attached hydrogens (tertiary/aromatic N) is 2. The highest BCUT2D eigenvalue weighted by molar-refractivity contribution is 5.74. The minimum Gasteiger partial charge on any atom is -0.389 e. The average Bonchev–Trinajstić information content (AvgIpc) is 2.46. The number of benzene rings is 1. The molecule has 1 aliphatic heterocycles. The third-order valence-corrected chi connectivity index (χ3v) is 5.04. The zero-order valence-electron chi connectivity index (χ0n) is 15.0. The summed E-state index contributed by atoms with van der Waals surface area (Å²) in [6, 6.07) is 8.66. The summed E-state index contributed by atoms with van der Waals surface area (Å²) in [5, 5.41) is 13.1. The predicted octanol–water partition coefficient (Wildman–Crippen LogP) is 1.81. The van der Waals surface area contributed by atoms with Gasteiger partial charge in [0.1, 0.15) is 0 Å². The number of piperazine rings is 1. The van der Waals surface area contributed by atoms with Crippen molar-refractivity contribution >= 4 is 6.03 Å². The molecule has 1 aliphatic carbocycles. The van der Waals surface area contributed by atoms with Crippen LogP contribution >= 0.6 is 0 Å². The van der Waals surface area contributed by atoms with Gasteiger partial charge >= 0.3 is 6.03 Å². The molecule has 2 N–H and O–H groups in total. The van der Waals surface area contributed by atoms with Crippen LogP contribution in [0.15, 0.2) is 24.3 Å². The van der Waals surface area contributed by atoms with Gasteiger partial charge in [-0.1, -0.05) is 24.3 Å². The van der Waals surface area contributed by atoms with Gasteiger partial charge in [0.25, 0.3) is 0 Å². The molecule has 0 bridgehead atoms. The number of β-amino-alcohol motifs (C(OH)–C–C–N with tert-alkyl or cyclic N) is 1. The van der Waals surface area contributed by atoms with Crippen LogP contribution in [-0.4, -0.2) is 65.3 Å². The number of aliphatic hydroxyl groups is 1. The Morgan fingerprint density at radius 3 is 2.75 bits per heavy atom. The summed E-state index contributed by atoms with van der Waals surface area (Å²) < 4.78 is 0. The number of hydrogen-bond acceptors (Lipinski definition) is 3. The number of amides is 2. The molecule has 24 heavy (non-hydrogen) atoms. The van der Waals surface area contributed by atoms with E-state index in [1.165, 1.54) is 11.1 Å². The number of carbonyl (C=O) groups excluding carboxylic acids is 1. The third-order valence-electron chi connectivity index (χ3n) is 5.04. The maximum Gasteiger partial charge on any atom is 0.317 e. The van der Waals surface area contributed by atoms with Crippen LogP contribution in [0, 0.1) is 0 Å². The van der Waals surface area contributed by atoms with Crippen LogP contribution in [0.4, 0.5) is 4.79 Å². The van der Waals surface area contributed by atoms with E-state index in [0.29, 0.717) is 25.6 Å². The molecule has 0 spiro atoms. The molecule has 2 amide bonds. The van der Waals surface area contributed by atoms with Gasteiger partial charge in [0.2, 0.25) is 0 Å². The third kappa shape index (κ3) is 3.90. The Hall–Kier alpha value is -1.59. The van der Waals surface area contributed by atoms with Crippen molar-refractivity contribution in [3.8, 4) is 0 Å². The van der Waals surface area contributed by atoms with Gasteiger partial charge in [-0.3, -0.25) is 4.90 Å². The molecule has 0 radical (unpaired) electrons. The molecule has 1 fully saturated rings. The fourth-order valence-electron chi connectivity index (χ4n) is 3.88. The highest BCUT2D eigenvalue weighted by Gasteiger charge is 2.31. The van der Waals surface area contributed by atoms with Gasteiger partial charge in [0.05, 0.1) is 5.60 Å². The van der Waals surface area contributed by atoms with Crippen LogP contribution in [0.2, 0.25) is 0 Å². The van der Waals surface area contributed by atoms with E-state index in [0.717, 1.165) is 19.5 Å². The maximum atomic E-state index is 12.5. The molecule has 5 heteroatoms. The maximum absolute atomic E-state index is 12.5. The summed E-state index contributed by atoms with van der Waals surface area (Å²) in [7, 11) is 0. The minimum absolute atomic E-state index is 0.0368. The lowest BCUT2D eigenvalue weighted by atomic mass is 9.78. The molecule has 1 aromatic rings. The summed E-state index contributed by atoms with van der Waals surface area (Å²) in [4.78, 5) is 16.7. The Bertz CT molecular complexity index is 597. The number of urea groups is 1. The first kappa shape index (κ1) is 17.2. The predicted molar refractivity (Wildman–Crippen MR) is 95.2 cm³/mol. The lowest BCUT2D eigenvalue weighted by molar-refractivity contribution is 0.0119. The standard InChI is InChI=1S/C19H29N3O2/c1-14-12-21(13-19(2,3)24)8-9-22(14)18(23)20-11-16-10-15-6-4-5-7-17(15)16/h4-7,14,16,24H,8-13H2,1-3H3,(H,20,23)/t14-,16-/m1/s1. The van der Waals surface area contributed by atoms with E-state index < -0.39 is 5.60 Å². The van der Waals surface area contributed by atoms with Crippen molar-refractivity contribution in [2.24, 2.45) is 0 Å². The van der Waals surface area contributed by atoms with Gasteiger partial charge in [0, 0.05) is 44.7 Å². The van der Waals surface area contributed by atoms with Crippen LogP contribution in [-0.2, 0) is 6.42 Å². The van der Waals surface area contributed by atoms with Crippen molar-refractivity contribution in [2.75, 3.05) is 32.7 Å². The highest BCUT2D eigenvalue weighted by atomic mass is 16.3. The zero-order chi connectivity index (χ0) is 17.3. The number of rotatable bonds is 4. The van der Waals surface area contributed by atoms with E-state index in [1.54, 1.807) is 0 Å². The Balaban J connectivity index is 1.46. The van der Waals surface area contributed by atoms with Gasteiger partial charge < -0.3 is 15.3 Å². The molecule has 1 aromatic carbocycles. The van der Waals surface area contributed by atoms with Crippen LogP contribution in [0.1, 0.15) is 37.8 Å². The molecule has 0 saturated carbocycles. The van der Waals surface area contributed by atoms with Gasteiger partial charge in [-0.15, -0.1) is 0 Å². The number of nitrogens with one attached hydrogen (secondary N) is 1. The summed E-state index contributed by atoms with van der Waals surface area (Å²) >= 11 is 0. The first-order chi connectivity index (χ1) is 11.3. The van der Waals surface area contributed by atoms with Crippen LogP contribution in [0.25, 0.3) is 0 Å². The summed E-state index contributed by atoms with van der Waals surface area (Å²) in [5.41, 5.74) is 2.09. The van der Waals surface area contributed by atoms with E-state index in [9.17, 15) is 9.90 Å². The van der Waals surface area contributed by atoms with E-state index in [1.807, 2.05) is 18.7 Å². The van der Waals surface area contributed by atoms with Crippen molar-refractivity contribution in [1.82, 2.24) is 15.1 Å². The van der Waals surface area contributed by atoms with E-state index in [2.05, 4.69) is 41.4 Å². The zero-order valence-corrected chi connectivity index (χ0v) is 15.0.